The number of hydrogen-bond acceptors (Lipinski definition) is 5. The minimum Gasteiger partial charge on any atom is -0.454 e. The van der Waals surface area contributed by atoms with Crippen LogP contribution < -0.4 is 14.6 Å². The first kappa shape index (κ1) is 21.0. The van der Waals surface area contributed by atoms with E-state index in [9.17, 15) is 13.2 Å². The van der Waals surface area contributed by atoms with Gasteiger partial charge in [0.15, 0.2) is 11.5 Å². The van der Waals surface area contributed by atoms with Gasteiger partial charge in [0.2, 0.25) is 16.8 Å². The molecule has 6 nitrogen and oxygen atoms in total. The Bertz CT molecular complexity index is 1350. The zero-order chi connectivity index (χ0) is 22.5. The Morgan fingerprint density at radius 1 is 1.03 bits per heavy atom. The molecule has 1 fully saturated rings. The second-order valence-corrected chi connectivity index (χ2v) is 10.1. The Labute approximate surface area is 192 Å². The maximum atomic E-state index is 13.3. The summed E-state index contributed by atoms with van der Waals surface area (Å²) >= 11 is 6.39. The van der Waals surface area contributed by atoms with Crippen molar-refractivity contribution in [1.29, 1.82) is 0 Å². The molecule has 1 aliphatic carbocycles. The quantitative estimate of drug-likeness (QED) is 0.572. The molecule has 8 heteroatoms. The van der Waals surface area contributed by atoms with Crippen LogP contribution in [0.25, 0.3) is 11.1 Å². The molecule has 0 bridgehead atoms. The van der Waals surface area contributed by atoms with Crippen molar-refractivity contribution in [1.82, 2.24) is 0 Å². The van der Waals surface area contributed by atoms with E-state index in [4.69, 9.17) is 26.2 Å². The minimum atomic E-state index is -3.84. The van der Waals surface area contributed by atoms with Gasteiger partial charge in [-0.05, 0) is 65.9 Å². The average molecular weight is 472 g/mol. The molecule has 3 aromatic carbocycles. The van der Waals surface area contributed by atoms with E-state index in [0.717, 1.165) is 24.0 Å². The summed E-state index contributed by atoms with van der Waals surface area (Å²) in [6, 6.07) is 17.4. The van der Waals surface area contributed by atoms with Gasteiger partial charge in [0, 0.05) is 18.4 Å². The molecule has 0 saturated heterocycles. The first-order valence-corrected chi connectivity index (χ1v) is 12.0. The first-order chi connectivity index (χ1) is 15.3. The molecular formula is C24H22ClNO5S. The second kappa shape index (κ2) is 7.62. The molecule has 1 aliphatic heterocycles. The van der Waals surface area contributed by atoms with Gasteiger partial charge in [-0.15, -0.1) is 0 Å². The molecule has 0 amide bonds. The third-order valence-corrected chi connectivity index (χ3v) is 7.32. The molecule has 2 aliphatic rings. The minimum absolute atomic E-state index is 0. The summed E-state index contributed by atoms with van der Waals surface area (Å²) in [5.74, 6) is 1.49. The highest BCUT2D eigenvalue weighted by molar-refractivity contribution is 7.89. The molecule has 0 aromatic heterocycles. The Morgan fingerprint density at radius 3 is 2.56 bits per heavy atom. The van der Waals surface area contributed by atoms with Crippen LogP contribution in [0.2, 0.25) is 5.02 Å². The van der Waals surface area contributed by atoms with Gasteiger partial charge < -0.3 is 9.47 Å². The number of Topliss-reactive ketones (excluding diaryl/α,β-unsaturated/α-hetero) is 1. The first-order valence-electron chi connectivity index (χ1n) is 10.1. The van der Waals surface area contributed by atoms with Crippen LogP contribution in [-0.2, 0) is 26.7 Å². The summed E-state index contributed by atoms with van der Waals surface area (Å²) in [5, 5.41) is 5.72. The van der Waals surface area contributed by atoms with Crippen LogP contribution in [0.5, 0.6) is 11.5 Å². The van der Waals surface area contributed by atoms with Crippen LogP contribution in [0.1, 0.15) is 25.4 Å². The summed E-state index contributed by atoms with van der Waals surface area (Å²) < 4.78 is 34.3. The number of hydrogen-bond donors (Lipinski definition) is 1. The van der Waals surface area contributed by atoms with Crippen molar-refractivity contribution >= 4 is 27.4 Å². The third-order valence-electron chi connectivity index (χ3n) is 6.08. The fourth-order valence-electron chi connectivity index (χ4n) is 4.15. The molecule has 2 N–H and O–H groups in total. The highest BCUT2D eigenvalue weighted by Crippen LogP contribution is 2.51. The number of carbonyl (C=O) groups is 1. The van der Waals surface area contributed by atoms with E-state index < -0.39 is 15.4 Å². The maximum absolute atomic E-state index is 13.3. The van der Waals surface area contributed by atoms with E-state index in [1.807, 2.05) is 30.3 Å². The predicted octanol–water partition coefficient (Wildman–Crippen LogP) is 4.47. The van der Waals surface area contributed by atoms with Crippen molar-refractivity contribution in [3.63, 3.8) is 0 Å². The fraction of sp³-hybridized carbons (Fsp3) is 0.208. The lowest BCUT2D eigenvalue weighted by Crippen LogP contribution is -2.22. The van der Waals surface area contributed by atoms with E-state index in [1.165, 1.54) is 12.1 Å². The molecule has 0 spiro atoms. The van der Waals surface area contributed by atoms with E-state index in [2.05, 4.69) is 0 Å². The summed E-state index contributed by atoms with van der Waals surface area (Å²) in [6.07, 6.45) is 1.83. The van der Waals surface area contributed by atoms with Crippen LogP contribution in [0.15, 0.2) is 65.6 Å². The van der Waals surface area contributed by atoms with Gasteiger partial charge in [-0.3, -0.25) is 4.79 Å². The number of halogens is 1. The lowest BCUT2D eigenvalue weighted by molar-refractivity contribution is -0.120. The molecule has 0 atom stereocenters. The molecule has 3 aromatic rings. The number of ether oxygens (including phenoxy) is 2. The van der Waals surface area contributed by atoms with Gasteiger partial charge in [-0.2, -0.15) is 0 Å². The number of benzene rings is 3. The van der Waals surface area contributed by atoms with E-state index in [-0.39, 0.29) is 25.3 Å². The van der Waals surface area contributed by atoms with Gasteiger partial charge in [-0.25, -0.2) is 13.6 Å². The number of carbonyl (C=O) groups excluding carboxylic acids is 1. The molecule has 166 valence electrons. The molecule has 5 rings (SSSR count). The highest BCUT2D eigenvalue weighted by atomic mass is 35.5. The summed E-state index contributed by atoms with van der Waals surface area (Å²) in [4.78, 5) is 13.3. The Balaban J connectivity index is 0.00000259. The monoisotopic (exact) mass is 471 g/mol. The second-order valence-electron chi connectivity index (χ2n) is 8.14. The normalized spacial score (nSPS) is 16.1. The van der Waals surface area contributed by atoms with Crippen LogP contribution in [0.4, 0.5) is 0 Å². The zero-order valence-corrected chi connectivity index (χ0v) is 18.6. The van der Waals surface area contributed by atoms with Crippen LogP contribution >= 0.6 is 11.6 Å². The number of primary sulfonamides is 1. The summed E-state index contributed by atoms with van der Waals surface area (Å²) in [7, 11) is -3.84. The number of rotatable bonds is 6. The zero-order valence-electron chi connectivity index (χ0n) is 17.0. The molecule has 32 heavy (non-hydrogen) atoms. The van der Waals surface area contributed by atoms with Gasteiger partial charge in [0.25, 0.3) is 0 Å². The lowest BCUT2D eigenvalue weighted by Gasteiger charge is -2.16. The number of fused-ring (bicyclic) bond motifs is 1. The highest BCUT2D eigenvalue weighted by Gasteiger charge is 2.50. The summed E-state index contributed by atoms with van der Waals surface area (Å²) in [6.45, 7) is 0.194. The van der Waals surface area contributed by atoms with E-state index >= 15 is 0 Å². The van der Waals surface area contributed by atoms with Crippen LogP contribution in [0, 0.1) is 0 Å². The maximum Gasteiger partial charge on any atom is 0.238 e. The molecule has 1 saturated carbocycles. The van der Waals surface area contributed by atoms with Crippen molar-refractivity contribution in [2.75, 3.05) is 6.79 Å². The lowest BCUT2D eigenvalue weighted by atomic mass is 9.87. The van der Waals surface area contributed by atoms with Crippen molar-refractivity contribution in [3.05, 3.63) is 76.8 Å². The SMILES string of the molecule is NS(=O)(=O)c1cccc(-c2cc(CC(=O)C3(c4ccc5c(c4)OCO5)CC3)ccc2Cl)c1.[HH]. The Morgan fingerprint density at radius 2 is 1.81 bits per heavy atom. The Hall–Kier alpha value is -2.87. The number of ketones is 1. The smallest absolute Gasteiger partial charge is 0.238 e. The van der Waals surface area contributed by atoms with Crippen LogP contribution in [-0.4, -0.2) is 21.0 Å². The van der Waals surface area contributed by atoms with Crippen molar-refractivity contribution in [2.45, 2.75) is 29.6 Å². The molecule has 1 heterocycles. The van der Waals surface area contributed by atoms with Gasteiger partial charge >= 0.3 is 0 Å². The van der Waals surface area contributed by atoms with Crippen molar-refractivity contribution in [3.8, 4) is 22.6 Å². The van der Waals surface area contributed by atoms with Crippen molar-refractivity contribution in [2.24, 2.45) is 5.14 Å². The van der Waals surface area contributed by atoms with Gasteiger partial charge in [0.05, 0.1) is 10.3 Å². The molecule has 0 radical (unpaired) electrons. The number of nitrogens with two attached hydrogens (primary N) is 1. The standard InChI is InChI=1S/C24H20ClNO5S.H2/c25-20-6-4-15(10-19(20)16-2-1-3-18(12-16)32(26,28)29)11-23(27)24(8-9-24)17-5-7-21-22(13-17)31-14-30-21;/h1-7,10,12-13H,8-9,11,14H2,(H2,26,28,29);1H. The number of sulfonamides is 1. The largest absolute Gasteiger partial charge is 0.454 e. The van der Waals surface area contributed by atoms with Gasteiger partial charge in [-0.1, -0.05) is 35.9 Å². The third kappa shape index (κ3) is 3.77. The summed E-state index contributed by atoms with van der Waals surface area (Å²) in [5.41, 5.74) is 2.52. The van der Waals surface area contributed by atoms with Gasteiger partial charge in [0.1, 0.15) is 5.78 Å². The topological polar surface area (TPSA) is 95.7 Å². The molecule has 0 unspecified atom stereocenters. The van der Waals surface area contributed by atoms with Crippen molar-refractivity contribution < 1.29 is 24.1 Å². The average Bonchev–Trinajstić information content (AvgIpc) is 3.45. The Kier molecular flexibility index (Phi) is 5.00. The fourth-order valence-corrected chi connectivity index (χ4v) is 4.93. The van der Waals surface area contributed by atoms with E-state index in [1.54, 1.807) is 18.2 Å². The predicted molar refractivity (Wildman–Crippen MR) is 123 cm³/mol. The molecular weight excluding hydrogens is 450 g/mol. The van der Waals surface area contributed by atoms with E-state index in [0.29, 0.717) is 27.6 Å². The van der Waals surface area contributed by atoms with Crippen LogP contribution in [0.3, 0.4) is 0 Å².